The van der Waals surface area contributed by atoms with Crippen molar-refractivity contribution >= 4 is 17.7 Å². The lowest BCUT2D eigenvalue weighted by Crippen LogP contribution is -2.29. The van der Waals surface area contributed by atoms with E-state index < -0.39 is 5.97 Å². The molecule has 0 aliphatic rings. The first-order valence-corrected chi connectivity index (χ1v) is 5.37. The van der Waals surface area contributed by atoms with Crippen LogP contribution in [0.5, 0.6) is 0 Å². The molecule has 1 aromatic heterocycles. The van der Waals surface area contributed by atoms with Crippen molar-refractivity contribution in [2.45, 2.75) is 19.8 Å². The topological polar surface area (TPSA) is 91.3 Å². The second-order valence-electron chi connectivity index (χ2n) is 3.47. The molecule has 0 spiro atoms. The monoisotopic (exact) mass is 237 g/mol. The Morgan fingerprint density at radius 3 is 2.71 bits per heavy atom. The molecule has 6 nitrogen and oxygen atoms in total. The Kier molecular flexibility index (Phi) is 4.93. The molecule has 0 radical (unpaired) electrons. The fourth-order valence-corrected chi connectivity index (χ4v) is 1.15. The van der Waals surface area contributed by atoms with Gasteiger partial charge in [0.15, 0.2) is 0 Å². The van der Waals surface area contributed by atoms with Gasteiger partial charge in [-0.1, -0.05) is 13.3 Å². The summed E-state index contributed by atoms with van der Waals surface area (Å²) in [6.07, 6.45) is 3.24. The highest BCUT2D eigenvalue weighted by atomic mass is 16.4. The van der Waals surface area contributed by atoms with E-state index in [9.17, 15) is 9.59 Å². The van der Waals surface area contributed by atoms with Gasteiger partial charge in [0, 0.05) is 6.54 Å². The van der Waals surface area contributed by atoms with Crippen LogP contribution >= 0.6 is 0 Å². The Morgan fingerprint density at radius 1 is 1.41 bits per heavy atom. The van der Waals surface area contributed by atoms with Crippen LogP contribution in [0.4, 0.5) is 10.5 Å². The molecular formula is C11H15N3O3. The molecule has 6 heteroatoms. The van der Waals surface area contributed by atoms with E-state index in [1.807, 2.05) is 6.92 Å². The number of urea groups is 1. The third-order valence-corrected chi connectivity index (χ3v) is 2.06. The van der Waals surface area contributed by atoms with Gasteiger partial charge in [-0.3, -0.25) is 0 Å². The van der Waals surface area contributed by atoms with E-state index in [1.165, 1.54) is 18.3 Å². The van der Waals surface area contributed by atoms with Crippen LogP contribution in [0.3, 0.4) is 0 Å². The number of hydrogen-bond acceptors (Lipinski definition) is 3. The number of amides is 2. The molecule has 1 heterocycles. The van der Waals surface area contributed by atoms with Crippen LogP contribution in [0.15, 0.2) is 18.3 Å². The molecule has 0 aromatic carbocycles. The van der Waals surface area contributed by atoms with Crippen LogP contribution in [0, 0.1) is 0 Å². The van der Waals surface area contributed by atoms with Gasteiger partial charge < -0.3 is 15.7 Å². The Hall–Kier alpha value is -2.11. The predicted molar refractivity (Wildman–Crippen MR) is 63.1 cm³/mol. The number of nitrogens with one attached hydrogen (secondary N) is 2. The molecule has 92 valence electrons. The molecule has 3 N–H and O–H groups in total. The van der Waals surface area contributed by atoms with Crippen molar-refractivity contribution in [2.24, 2.45) is 0 Å². The van der Waals surface area contributed by atoms with Crippen LogP contribution < -0.4 is 10.6 Å². The number of nitrogens with zero attached hydrogens (tertiary/aromatic N) is 1. The van der Waals surface area contributed by atoms with Crippen molar-refractivity contribution < 1.29 is 14.7 Å². The third kappa shape index (κ3) is 4.50. The number of hydrogen-bond donors (Lipinski definition) is 3. The number of rotatable bonds is 5. The summed E-state index contributed by atoms with van der Waals surface area (Å²) in [5.41, 5.74) is 0.408. The maximum Gasteiger partial charge on any atom is 0.354 e. The molecule has 1 aromatic rings. The van der Waals surface area contributed by atoms with Gasteiger partial charge in [-0.15, -0.1) is 0 Å². The summed E-state index contributed by atoms with van der Waals surface area (Å²) in [4.78, 5) is 25.6. The van der Waals surface area contributed by atoms with Gasteiger partial charge in [-0.2, -0.15) is 0 Å². The van der Waals surface area contributed by atoms with Crippen molar-refractivity contribution in [1.82, 2.24) is 10.3 Å². The lowest BCUT2D eigenvalue weighted by molar-refractivity contribution is 0.0690. The smallest absolute Gasteiger partial charge is 0.354 e. The molecule has 0 fully saturated rings. The zero-order valence-corrected chi connectivity index (χ0v) is 9.56. The Balaban J connectivity index is 2.46. The molecule has 0 saturated heterocycles. The van der Waals surface area contributed by atoms with Gasteiger partial charge in [0.1, 0.15) is 5.69 Å². The highest BCUT2D eigenvalue weighted by Crippen LogP contribution is 2.05. The summed E-state index contributed by atoms with van der Waals surface area (Å²) in [7, 11) is 0. The first-order valence-electron chi connectivity index (χ1n) is 5.37. The molecule has 0 saturated carbocycles. The maximum atomic E-state index is 11.3. The minimum atomic E-state index is -1.09. The van der Waals surface area contributed by atoms with Crippen LogP contribution in [-0.4, -0.2) is 28.6 Å². The zero-order chi connectivity index (χ0) is 12.7. The van der Waals surface area contributed by atoms with E-state index in [4.69, 9.17) is 5.11 Å². The van der Waals surface area contributed by atoms with Crippen LogP contribution in [0.25, 0.3) is 0 Å². The highest BCUT2D eigenvalue weighted by Gasteiger charge is 2.05. The summed E-state index contributed by atoms with van der Waals surface area (Å²) < 4.78 is 0. The van der Waals surface area contributed by atoms with Crippen LogP contribution in [0.1, 0.15) is 30.3 Å². The number of carbonyl (C=O) groups excluding carboxylic acids is 1. The van der Waals surface area contributed by atoms with Gasteiger partial charge in [0.2, 0.25) is 0 Å². The zero-order valence-electron chi connectivity index (χ0n) is 9.56. The Labute approximate surface area is 99.1 Å². The molecular weight excluding hydrogens is 222 g/mol. The first-order chi connectivity index (χ1) is 8.13. The second-order valence-corrected chi connectivity index (χ2v) is 3.47. The number of aromatic carboxylic acids is 1. The van der Waals surface area contributed by atoms with Crippen LogP contribution in [-0.2, 0) is 0 Å². The molecule has 2 amide bonds. The quantitative estimate of drug-likeness (QED) is 0.680. The lowest BCUT2D eigenvalue weighted by Gasteiger charge is -2.06. The molecule has 0 aliphatic carbocycles. The van der Waals surface area contributed by atoms with Gasteiger partial charge >= 0.3 is 12.0 Å². The van der Waals surface area contributed by atoms with E-state index in [-0.39, 0.29) is 11.7 Å². The fourth-order valence-electron chi connectivity index (χ4n) is 1.15. The number of aromatic nitrogens is 1. The molecule has 0 bridgehead atoms. The molecule has 0 aliphatic heterocycles. The molecule has 0 atom stereocenters. The fraction of sp³-hybridized carbons (Fsp3) is 0.364. The van der Waals surface area contributed by atoms with Crippen molar-refractivity contribution in [3.63, 3.8) is 0 Å². The number of anilines is 1. The predicted octanol–water partition coefficient (Wildman–Crippen LogP) is 1.70. The summed E-state index contributed by atoms with van der Waals surface area (Å²) in [6, 6.07) is 2.52. The average Bonchev–Trinajstić information content (AvgIpc) is 2.30. The number of carboxylic acids is 1. The normalized spacial score (nSPS) is 9.71. The van der Waals surface area contributed by atoms with Gasteiger partial charge in [0.05, 0.1) is 11.9 Å². The highest BCUT2D eigenvalue weighted by molar-refractivity contribution is 5.90. The summed E-state index contributed by atoms with van der Waals surface area (Å²) in [6.45, 7) is 2.65. The number of carboxylic acid groups (broad SMARTS) is 1. The van der Waals surface area contributed by atoms with Crippen molar-refractivity contribution in [3.05, 3.63) is 24.0 Å². The van der Waals surface area contributed by atoms with Crippen LogP contribution in [0.2, 0.25) is 0 Å². The van der Waals surface area contributed by atoms with Crippen molar-refractivity contribution in [2.75, 3.05) is 11.9 Å². The van der Waals surface area contributed by atoms with E-state index in [0.29, 0.717) is 12.2 Å². The van der Waals surface area contributed by atoms with Crippen molar-refractivity contribution in [1.29, 1.82) is 0 Å². The summed E-state index contributed by atoms with van der Waals surface area (Å²) in [5.74, 6) is -1.09. The van der Waals surface area contributed by atoms with Gasteiger partial charge in [-0.05, 0) is 18.6 Å². The van der Waals surface area contributed by atoms with Crippen molar-refractivity contribution in [3.8, 4) is 0 Å². The number of unbranched alkanes of at least 4 members (excludes halogenated alkanes) is 1. The number of pyridine rings is 1. The minimum absolute atomic E-state index is 0.0538. The second kappa shape index (κ2) is 6.47. The standard InChI is InChI=1S/C11H15N3O3/c1-2-3-6-12-11(17)14-8-4-5-9(10(15)16)13-7-8/h4-5,7H,2-3,6H2,1H3,(H,15,16)(H2,12,14,17). The Bertz CT molecular complexity index is 389. The summed E-state index contributed by atoms with van der Waals surface area (Å²) >= 11 is 0. The molecule has 17 heavy (non-hydrogen) atoms. The minimum Gasteiger partial charge on any atom is -0.477 e. The Morgan fingerprint density at radius 2 is 2.18 bits per heavy atom. The van der Waals surface area contributed by atoms with Gasteiger partial charge in [-0.25, -0.2) is 14.6 Å². The van der Waals surface area contributed by atoms with E-state index in [1.54, 1.807) is 0 Å². The largest absolute Gasteiger partial charge is 0.477 e. The average molecular weight is 237 g/mol. The third-order valence-electron chi connectivity index (χ3n) is 2.06. The van der Waals surface area contributed by atoms with E-state index in [0.717, 1.165) is 12.8 Å². The van der Waals surface area contributed by atoms with E-state index in [2.05, 4.69) is 15.6 Å². The number of carbonyl (C=O) groups is 2. The SMILES string of the molecule is CCCCNC(=O)Nc1ccc(C(=O)O)nc1. The molecule has 1 rings (SSSR count). The van der Waals surface area contributed by atoms with E-state index >= 15 is 0 Å². The lowest BCUT2D eigenvalue weighted by atomic mass is 10.3. The molecule has 0 unspecified atom stereocenters. The first kappa shape index (κ1) is 13.0. The summed E-state index contributed by atoms with van der Waals surface area (Å²) in [5, 5.41) is 13.9. The maximum absolute atomic E-state index is 11.3. The van der Waals surface area contributed by atoms with Gasteiger partial charge in [0.25, 0.3) is 0 Å².